The van der Waals surface area contributed by atoms with Gasteiger partial charge < -0.3 is 24.9 Å². The molecular weight excluding hydrogens is 688 g/mol. The van der Waals surface area contributed by atoms with E-state index in [2.05, 4.69) is 62.2 Å². The third kappa shape index (κ3) is 9.74. The quantitative estimate of drug-likeness (QED) is 0.0782. The van der Waals surface area contributed by atoms with E-state index in [4.69, 9.17) is 14.5 Å². The van der Waals surface area contributed by atoms with Gasteiger partial charge in [0, 0.05) is 31.6 Å². The number of amidine groups is 2. The van der Waals surface area contributed by atoms with Crippen LogP contribution < -0.4 is 20.4 Å². The van der Waals surface area contributed by atoms with Gasteiger partial charge in [0.25, 0.3) is 6.02 Å². The van der Waals surface area contributed by atoms with Gasteiger partial charge in [0.1, 0.15) is 11.7 Å². The van der Waals surface area contributed by atoms with Crippen LogP contribution in [0.4, 0.5) is 5.82 Å². The Balaban J connectivity index is 0.00000676. The van der Waals surface area contributed by atoms with E-state index in [1.54, 1.807) is 19.9 Å². The molecule has 2 aliphatic carbocycles. The fourth-order valence-electron chi connectivity index (χ4n) is 8.29. The minimum absolute atomic E-state index is 0. The third-order valence-electron chi connectivity index (χ3n) is 10.4. The van der Waals surface area contributed by atoms with E-state index in [9.17, 15) is 19.5 Å². The molecule has 50 heavy (non-hydrogen) atoms. The number of unbranched alkanes of at least 4 members (excludes halogenated alkanes) is 1. The maximum Gasteiger partial charge on any atom is 0.315 e. The van der Waals surface area contributed by atoms with E-state index in [0.717, 1.165) is 38.5 Å². The molecule has 12 heteroatoms. The van der Waals surface area contributed by atoms with Crippen molar-refractivity contribution in [3.8, 4) is 5.75 Å². The average molecular weight is 744 g/mol. The molecule has 2 heterocycles. The van der Waals surface area contributed by atoms with Gasteiger partial charge in [-0.05, 0) is 112 Å². The van der Waals surface area contributed by atoms with E-state index in [1.807, 2.05) is 6.92 Å². The first-order valence-electron chi connectivity index (χ1n) is 18.0. The number of aromatic nitrogens is 1. The van der Waals surface area contributed by atoms with Crippen molar-refractivity contribution in [2.75, 3.05) is 11.9 Å². The fraction of sp³-hybridized carbons (Fsp3) is 0.658. The minimum Gasteiger partial charge on any atom is -0.481 e. The zero-order chi connectivity index (χ0) is 36.2. The van der Waals surface area contributed by atoms with E-state index in [-0.39, 0.29) is 102 Å². The summed E-state index contributed by atoms with van der Waals surface area (Å²) >= 11 is 0. The molecular formula is C38H56N5O6Zn-. The van der Waals surface area contributed by atoms with Crippen molar-refractivity contribution in [2.45, 2.75) is 108 Å². The number of aliphatic imine (C=N–C) groups is 2. The first-order valence-corrected chi connectivity index (χ1v) is 18.0. The molecule has 0 radical (unpaired) electrons. The number of carbonyl (C=O) groups is 3. The summed E-state index contributed by atoms with van der Waals surface area (Å²) in [7, 11) is 0. The van der Waals surface area contributed by atoms with Crippen molar-refractivity contribution in [1.82, 2.24) is 10.3 Å². The zero-order valence-corrected chi connectivity index (χ0v) is 34.7. The average Bonchev–Trinajstić information content (AvgIpc) is 3.41. The Labute approximate surface area is 310 Å². The van der Waals surface area contributed by atoms with Crippen LogP contribution in [0.2, 0.25) is 0 Å². The maximum atomic E-state index is 13.7. The van der Waals surface area contributed by atoms with Gasteiger partial charge in [-0.25, -0.2) is 9.98 Å². The van der Waals surface area contributed by atoms with Crippen molar-refractivity contribution in [2.24, 2.45) is 57.3 Å². The molecule has 0 bridgehead atoms. The Kier molecular flexibility index (Phi) is 14.6. The van der Waals surface area contributed by atoms with Crippen LogP contribution in [0.3, 0.4) is 0 Å². The van der Waals surface area contributed by atoms with Gasteiger partial charge in [0.05, 0.1) is 17.5 Å². The van der Waals surface area contributed by atoms with E-state index in [1.165, 1.54) is 6.92 Å². The largest absolute Gasteiger partial charge is 0.481 e. The van der Waals surface area contributed by atoms with Gasteiger partial charge >= 0.3 is 11.9 Å². The van der Waals surface area contributed by atoms with Crippen molar-refractivity contribution < 1.29 is 48.4 Å². The molecule has 0 aromatic carbocycles. The van der Waals surface area contributed by atoms with Crippen LogP contribution in [-0.2, 0) is 38.6 Å². The summed E-state index contributed by atoms with van der Waals surface area (Å²) in [6.45, 7) is 20.2. The molecule has 4 unspecified atom stereocenters. The Morgan fingerprint density at radius 1 is 0.900 bits per heavy atom. The second kappa shape index (κ2) is 17.8. The summed E-state index contributed by atoms with van der Waals surface area (Å²) < 4.78 is 12.1. The number of nitrogens with one attached hydrogen (secondary N) is 2. The van der Waals surface area contributed by atoms with Gasteiger partial charge in [-0.1, -0.05) is 54.9 Å². The summed E-state index contributed by atoms with van der Waals surface area (Å²) in [5, 5.41) is 16.1. The molecule has 1 aromatic rings. The SMILES string of the molecule is CCCCN=C(O)NC1=N/C(=C\c2[n-]c(NC(C)=O)c(OC(=O)C3C(C)CC(C)CC3C)c2C)C(C)=C1OC(=O)C1C(C)CC(C)CC1C.[Zn]. The second-order valence-electron chi connectivity index (χ2n) is 15.1. The molecule has 3 N–H and O–H groups in total. The molecule has 0 saturated heterocycles. The Bertz CT molecular complexity index is 1520. The van der Waals surface area contributed by atoms with Crippen LogP contribution in [-0.4, -0.2) is 41.4 Å². The zero-order valence-electron chi connectivity index (χ0n) is 31.7. The van der Waals surface area contributed by atoms with Crippen LogP contribution in [0.1, 0.15) is 112 Å². The Hall–Kier alpha value is -3.27. The maximum absolute atomic E-state index is 13.7. The van der Waals surface area contributed by atoms with Crippen molar-refractivity contribution >= 4 is 41.6 Å². The summed E-state index contributed by atoms with van der Waals surface area (Å²) in [5.41, 5.74) is 1.98. The van der Waals surface area contributed by atoms with Crippen molar-refractivity contribution in [3.05, 3.63) is 28.3 Å². The van der Waals surface area contributed by atoms with Gasteiger partial charge in [-0.15, -0.1) is 0 Å². The monoisotopic (exact) mass is 742 g/mol. The topological polar surface area (TPSA) is 153 Å². The summed E-state index contributed by atoms with van der Waals surface area (Å²) in [4.78, 5) is 52.9. The third-order valence-corrected chi connectivity index (χ3v) is 10.4. The number of amides is 1. The molecule has 4 atom stereocenters. The predicted octanol–water partition coefficient (Wildman–Crippen LogP) is 7.32. The van der Waals surface area contributed by atoms with Crippen LogP contribution in [0.5, 0.6) is 5.75 Å². The molecule has 1 aromatic heterocycles. The van der Waals surface area contributed by atoms with E-state index < -0.39 is 0 Å². The number of hydrogen-bond acceptors (Lipinski definition) is 7. The predicted molar refractivity (Wildman–Crippen MR) is 192 cm³/mol. The second-order valence-corrected chi connectivity index (χ2v) is 15.1. The number of allylic oxidation sites excluding steroid dienone is 1. The number of esters is 2. The van der Waals surface area contributed by atoms with E-state index >= 15 is 0 Å². The number of aliphatic hydroxyl groups is 1. The molecule has 2 saturated carbocycles. The number of nitrogens with zero attached hydrogens (tertiary/aromatic N) is 3. The van der Waals surface area contributed by atoms with Gasteiger partial charge in [0.15, 0.2) is 11.6 Å². The van der Waals surface area contributed by atoms with Crippen molar-refractivity contribution in [1.29, 1.82) is 0 Å². The van der Waals surface area contributed by atoms with E-state index in [0.29, 0.717) is 40.9 Å². The fourth-order valence-corrected chi connectivity index (χ4v) is 8.29. The van der Waals surface area contributed by atoms with Gasteiger partial charge in [-0.3, -0.25) is 19.7 Å². The summed E-state index contributed by atoms with van der Waals surface area (Å²) in [5.74, 6) is 0.901. The molecule has 3 aliphatic rings. The summed E-state index contributed by atoms with van der Waals surface area (Å²) in [6.07, 6.45) is 7.20. The number of ether oxygens (including phenoxy) is 2. The van der Waals surface area contributed by atoms with Crippen molar-refractivity contribution in [3.63, 3.8) is 0 Å². The first-order chi connectivity index (χ1) is 23.1. The smallest absolute Gasteiger partial charge is 0.315 e. The molecule has 1 amide bonds. The molecule has 0 spiro atoms. The Morgan fingerprint density at radius 2 is 1.42 bits per heavy atom. The van der Waals surface area contributed by atoms with Gasteiger partial charge in [0.2, 0.25) is 0 Å². The Morgan fingerprint density at radius 3 is 1.92 bits per heavy atom. The molecule has 1 aliphatic heterocycles. The number of anilines is 1. The van der Waals surface area contributed by atoms with Crippen LogP contribution in [0.25, 0.3) is 6.08 Å². The van der Waals surface area contributed by atoms with Crippen LogP contribution in [0, 0.1) is 54.3 Å². The standard InChI is InChI=1S/C38H57N5O6.Zn/c1-11-12-13-39-38(47)43-35-33(49-37(46)31-23(6)16-20(3)17-24(31)7)26(9)29(42-35)18-28-25(8)32(34(41-28)40-27(10)44)48-36(45)30-21(4)14-19(2)15-22(30)5;/h18-24,30-31H,11-17H2,1-10H3,(H4,39,40,41,42,43,44,47);/p-1. The van der Waals surface area contributed by atoms with Crippen LogP contribution in [0.15, 0.2) is 27.0 Å². The molecule has 2 fully saturated rings. The number of aliphatic hydroxyl groups excluding tert-OH is 1. The first kappa shape index (κ1) is 41.2. The minimum atomic E-state index is -0.351. The molecule has 272 valence electrons. The van der Waals surface area contributed by atoms with Crippen LogP contribution >= 0.6 is 0 Å². The number of rotatable bonds is 9. The summed E-state index contributed by atoms with van der Waals surface area (Å²) in [6, 6.07) is -0.326. The molecule has 4 rings (SSSR count). The number of hydrogen-bond donors (Lipinski definition) is 3. The molecule has 11 nitrogen and oxygen atoms in total. The normalized spacial score (nSPS) is 29.3. The van der Waals surface area contributed by atoms with Gasteiger partial charge in [-0.2, -0.15) is 0 Å². The number of carbonyl (C=O) groups excluding carboxylic acids is 3.